The predicted octanol–water partition coefficient (Wildman–Crippen LogP) is 4.32. The zero-order valence-electron chi connectivity index (χ0n) is 18.3. The van der Waals surface area contributed by atoms with Gasteiger partial charge in [-0.25, -0.2) is 4.98 Å². The number of nitrogens with one attached hydrogen (secondary N) is 1. The summed E-state index contributed by atoms with van der Waals surface area (Å²) in [6, 6.07) is 10.8. The van der Waals surface area contributed by atoms with Crippen LogP contribution in [0.3, 0.4) is 0 Å². The molecular weight excluding hydrogens is 406 g/mol. The van der Waals surface area contributed by atoms with Crippen molar-refractivity contribution in [1.82, 2.24) is 24.8 Å². The topological polar surface area (TPSA) is 81.9 Å². The number of fused-ring (bicyclic) bond motifs is 3. The second-order valence-electron chi connectivity index (χ2n) is 8.75. The van der Waals surface area contributed by atoms with Gasteiger partial charge in [0.05, 0.1) is 17.4 Å². The van der Waals surface area contributed by atoms with Gasteiger partial charge in [-0.15, -0.1) is 0 Å². The molecule has 0 saturated heterocycles. The molecule has 0 saturated carbocycles. The van der Waals surface area contributed by atoms with Crippen LogP contribution in [0.15, 0.2) is 48.9 Å². The Hall–Kier alpha value is -3.10. The zero-order valence-corrected chi connectivity index (χ0v) is 19.3. The van der Waals surface area contributed by atoms with Crippen molar-refractivity contribution < 1.29 is 9.53 Å². The van der Waals surface area contributed by atoms with Gasteiger partial charge in [0.25, 0.3) is 5.91 Å². The Bertz CT molecular complexity index is 1230. The highest BCUT2D eigenvalue weighted by molar-refractivity contribution is 6.76. The average Bonchev–Trinajstić information content (AvgIpc) is 3.08. The number of nitrogens with zero attached hydrogens (tertiary/aromatic N) is 4. The van der Waals surface area contributed by atoms with Crippen LogP contribution < -0.4 is 5.32 Å². The molecule has 8 heteroatoms. The first-order valence-electron chi connectivity index (χ1n) is 10.4. The van der Waals surface area contributed by atoms with E-state index in [1.54, 1.807) is 25.5 Å². The number of pyridine rings is 3. The van der Waals surface area contributed by atoms with Crippen molar-refractivity contribution in [3.63, 3.8) is 0 Å². The average molecular weight is 434 g/mol. The van der Waals surface area contributed by atoms with Gasteiger partial charge in [-0.3, -0.25) is 19.3 Å². The first kappa shape index (κ1) is 21.1. The van der Waals surface area contributed by atoms with E-state index in [2.05, 4.69) is 45.6 Å². The summed E-state index contributed by atoms with van der Waals surface area (Å²) in [6.07, 6.45) is 5.34. The molecule has 0 aromatic carbocycles. The third kappa shape index (κ3) is 4.50. The van der Waals surface area contributed by atoms with Gasteiger partial charge in [-0.05, 0) is 36.4 Å². The second kappa shape index (κ2) is 8.56. The summed E-state index contributed by atoms with van der Waals surface area (Å²) in [5.74, 6) is -0.210. The molecule has 0 aliphatic heterocycles. The molecule has 0 aliphatic carbocycles. The number of carbonyl (C=O) groups excluding carboxylic acids is 1. The minimum absolute atomic E-state index is 0.210. The molecule has 7 nitrogen and oxygen atoms in total. The van der Waals surface area contributed by atoms with Gasteiger partial charge in [0.1, 0.15) is 18.1 Å². The first-order chi connectivity index (χ1) is 14.9. The van der Waals surface area contributed by atoms with Crippen molar-refractivity contribution >= 4 is 35.9 Å². The van der Waals surface area contributed by atoms with Crippen LogP contribution in [-0.4, -0.2) is 47.2 Å². The van der Waals surface area contributed by atoms with Crippen LogP contribution in [-0.2, 0) is 11.5 Å². The Balaban J connectivity index is 1.70. The molecule has 4 heterocycles. The second-order valence-corrected chi connectivity index (χ2v) is 14.4. The molecule has 4 rings (SSSR count). The number of hydrogen-bond acceptors (Lipinski definition) is 5. The standard InChI is InChI=1S/C23H27N5O2Si/c1-24-23(29)20-7-5-16(13-26-20)19-8-6-18-17-9-10-25-14-21(17)28(22(18)27-19)15-30-11-12-31(2,3)4/h5-10,13-14H,11-12,15H2,1-4H3,(H,24,29). The van der Waals surface area contributed by atoms with E-state index in [4.69, 9.17) is 9.72 Å². The molecule has 0 bridgehead atoms. The summed E-state index contributed by atoms with van der Waals surface area (Å²) in [5.41, 5.74) is 3.88. The lowest BCUT2D eigenvalue weighted by molar-refractivity contribution is 0.0925. The number of rotatable bonds is 7. The van der Waals surface area contributed by atoms with Crippen LogP contribution in [0.2, 0.25) is 25.7 Å². The van der Waals surface area contributed by atoms with Gasteiger partial charge in [0.2, 0.25) is 0 Å². The summed E-state index contributed by atoms with van der Waals surface area (Å²) >= 11 is 0. The highest BCUT2D eigenvalue weighted by Gasteiger charge is 2.15. The number of hydrogen-bond donors (Lipinski definition) is 1. The quantitative estimate of drug-likeness (QED) is 0.347. The Morgan fingerprint density at radius 1 is 1.10 bits per heavy atom. The minimum atomic E-state index is -1.15. The van der Waals surface area contributed by atoms with E-state index in [9.17, 15) is 4.79 Å². The smallest absolute Gasteiger partial charge is 0.269 e. The zero-order chi connectivity index (χ0) is 22.0. The molecule has 0 atom stereocenters. The Morgan fingerprint density at radius 3 is 2.65 bits per heavy atom. The minimum Gasteiger partial charge on any atom is -0.361 e. The molecular formula is C23H27N5O2Si. The monoisotopic (exact) mass is 433 g/mol. The van der Waals surface area contributed by atoms with Crippen LogP contribution in [0.4, 0.5) is 0 Å². The van der Waals surface area contributed by atoms with Crippen molar-refractivity contribution in [3.8, 4) is 11.3 Å². The molecule has 0 radical (unpaired) electrons. The largest absolute Gasteiger partial charge is 0.361 e. The van der Waals surface area contributed by atoms with E-state index in [-0.39, 0.29) is 5.91 Å². The summed E-state index contributed by atoms with van der Waals surface area (Å²) < 4.78 is 8.12. The summed E-state index contributed by atoms with van der Waals surface area (Å²) in [4.78, 5) is 25.3. The number of amides is 1. The number of ether oxygens (including phenoxy) is 1. The lowest BCUT2D eigenvalue weighted by Gasteiger charge is -2.16. The molecule has 1 N–H and O–H groups in total. The van der Waals surface area contributed by atoms with Gasteiger partial charge < -0.3 is 10.1 Å². The van der Waals surface area contributed by atoms with E-state index in [0.717, 1.165) is 45.8 Å². The maximum atomic E-state index is 11.8. The molecule has 4 aromatic rings. The lowest BCUT2D eigenvalue weighted by atomic mass is 10.1. The number of carbonyl (C=O) groups is 1. The van der Waals surface area contributed by atoms with Gasteiger partial charge >= 0.3 is 0 Å². The van der Waals surface area contributed by atoms with Gasteiger partial charge in [0, 0.05) is 50.5 Å². The van der Waals surface area contributed by atoms with Crippen molar-refractivity contribution in [2.24, 2.45) is 0 Å². The summed E-state index contributed by atoms with van der Waals surface area (Å²) in [7, 11) is 0.437. The normalized spacial score (nSPS) is 11.9. The lowest BCUT2D eigenvalue weighted by Crippen LogP contribution is -2.22. The van der Waals surface area contributed by atoms with E-state index < -0.39 is 8.07 Å². The molecule has 0 unspecified atom stereocenters. The fourth-order valence-corrected chi connectivity index (χ4v) is 4.20. The number of aromatic nitrogens is 4. The van der Waals surface area contributed by atoms with Crippen molar-refractivity contribution in [1.29, 1.82) is 0 Å². The Kier molecular flexibility index (Phi) is 5.84. The predicted molar refractivity (Wildman–Crippen MR) is 126 cm³/mol. The van der Waals surface area contributed by atoms with Gasteiger partial charge in [-0.2, -0.15) is 0 Å². The van der Waals surface area contributed by atoms with Crippen LogP contribution >= 0.6 is 0 Å². The Labute approximate surface area is 182 Å². The SMILES string of the molecule is CNC(=O)c1ccc(-c2ccc3c4ccncc4n(COCC[Si](C)(C)C)c3n2)cn1. The third-order valence-electron chi connectivity index (χ3n) is 5.25. The summed E-state index contributed by atoms with van der Waals surface area (Å²) in [6.45, 7) is 8.20. The molecule has 4 aromatic heterocycles. The maximum Gasteiger partial charge on any atom is 0.269 e. The molecule has 0 spiro atoms. The van der Waals surface area contributed by atoms with E-state index in [0.29, 0.717) is 12.4 Å². The van der Waals surface area contributed by atoms with E-state index >= 15 is 0 Å². The highest BCUT2D eigenvalue weighted by atomic mass is 28.3. The molecule has 31 heavy (non-hydrogen) atoms. The van der Waals surface area contributed by atoms with Crippen molar-refractivity contribution in [3.05, 3.63) is 54.6 Å². The van der Waals surface area contributed by atoms with Crippen LogP contribution in [0.25, 0.3) is 33.2 Å². The highest BCUT2D eigenvalue weighted by Crippen LogP contribution is 2.29. The molecule has 0 fully saturated rings. The third-order valence-corrected chi connectivity index (χ3v) is 6.95. The molecule has 160 valence electrons. The van der Waals surface area contributed by atoms with Crippen LogP contribution in [0, 0.1) is 0 Å². The van der Waals surface area contributed by atoms with E-state index in [1.807, 2.05) is 24.4 Å². The molecule has 0 aliphatic rings. The first-order valence-corrected chi connectivity index (χ1v) is 14.1. The van der Waals surface area contributed by atoms with Crippen LogP contribution in [0.1, 0.15) is 10.5 Å². The van der Waals surface area contributed by atoms with E-state index in [1.165, 1.54) is 0 Å². The maximum absolute atomic E-state index is 11.8. The molecule has 1 amide bonds. The van der Waals surface area contributed by atoms with Crippen LogP contribution in [0.5, 0.6) is 0 Å². The van der Waals surface area contributed by atoms with Crippen molar-refractivity contribution in [2.45, 2.75) is 32.4 Å². The van der Waals surface area contributed by atoms with Gasteiger partial charge in [-0.1, -0.05) is 19.6 Å². The fourth-order valence-electron chi connectivity index (χ4n) is 3.44. The Morgan fingerprint density at radius 2 is 1.94 bits per heavy atom. The van der Waals surface area contributed by atoms with Gasteiger partial charge in [0.15, 0.2) is 0 Å². The summed E-state index contributed by atoms with van der Waals surface area (Å²) in [5, 5.41) is 4.75. The fraction of sp³-hybridized carbons (Fsp3) is 0.304. The van der Waals surface area contributed by atoms with Crippen molar-refractivity contribution in [2.75, 3.05) is 13.7 Å².